The number of nitrogens with one attached hydrogen (secondary N) is 1. The Kier molecular flexibility index (Phi) is 6.95. The zero-order chi connectivity index (χ0) is 20.0. The lowest BCUT2D eigenvalue weighted by molar-refractivity contribution is 0.0697. The van der Waals surface area contributed by atoms with Crippen LogP contribution in [0.5, 0.6) is 0 Å². The third-order valence-corrected chi connectivity index (χ3v) is 4.51. The number of aryl methyl sites for hydroxylation is 2. The highest BCUT2D eigenvalue weighted by Crippen LogP contribution is 2.15. The normalized spacial score (nSPS) is 10.7. The summed E-state index contributed by atoms with van der Waals surface area (Å²) in [6.07, 6.45) is 0. The van der Waals surface area contributed by atoms with Crippen LogP contribution in [-0.2, 0) is 24.9 Å². The van der Waals surface area contributed by atoms with Gasteiger partial charge >= 0.3 is 12.0 Å². The molecule has 0 atom stereocenters. The quantitative estimate of drug-likeness (QED) is 0.737. The van der Waals surface area contributed by atoms with Crippen LogP contribution in [0.1, 0.15) is 32.9 Å². The second-order valence-electron chi connectivity index (χ2n) is 6.35. The number of rotatable bonds is 8. The van der Waals surface area contributed by atoms with E-state index in [1.165, 1.54) is 12.1 Å². The third kappa shape index (κ3) is 5.30. The molecular weight excluding hydrogens is 348 g/mol. The molecule has 27 heavy (non-hydrogen) atoms. The van der Waals surface area contributed by atoms with Gasteiger partial charge in [-0.15, -0.1) is 0 Å². The van der Waals surface area contributed by atoms with Crippen LogP contribution < -0.4 is 5.32 Å². The van der Waals surface area contributed by atoms with E-state index in [0.717, 1.165) is 22.5 Å². The van der Waals surface area contributed by atoms with Gasteiger partial charge in [0.15, 0.2) is 0 Å². The molecule has 1 heterocycles. The van der Waals surface area contributed by atoms with Crippen LogP contribution >= 0.6 is 0 Å². The van der Waals surface area contributed by atoms with Crippen molar-refractivity contribution in [2.45, 2.75) is 26.9 Å². The van der Waals surface area contributed by atoms with Gasteiger partial charge in [0.1, 0.15) is 0 Å². The van der Waals surface area contributed by atoms with E-state index in [-0.39, 0.29) is 11.6 Å². The first-order valence-corrected chi connectivity index (χ1v) is 8.66. The van der Waals surface area contributed by atoms with Crippen molar-refractivity contribution in [1.29, 1.82) is 0 Å². The first-order chi connectivity index (χ1) is 12.8. The van der Waals surface area contributed by atoms with Crippen LogP contribution in [0.25, 0.3) is 0 Å². The van der Waals surface area contributed by atoms with Crippen molar-refractivity contribution in [3.05, 3.63) is 52.3 Å². The molecule has 1 aromatic carbocycles. The van der Waals surface area contributed by atoms with Crippen molar-refractivity contribution in [2.24, 2.45) is 7.05 Å². The summed E-state index contributed by atoms with van der Waals surface area (Å²) in [5.74, 6) is -0.974. The number of aromatic nitrogens is 2. The molecule has 0 aliphatic carbocycles. The molecule has 0 aliphatic heterocycles. The summed E-state index contributed by atoms with van der Waals surface area (Å²) in [4.78, 5) is 25.3. The maximum Gasteiger partial charge on any atom is 0.335 e. The van der Waals surface area contributed by atoms with Crippen molar-refractivity contribution in [2.75, 3.05) is 20.3 Å². The highest BCUT2D eigenvalue weighted by atomic mass is 16.5. The molecule has 0 saturated carbocycles. The predicted octanol–water partition coefficient (Wildman–Crippen LogP) is 2.09. The highest BCUT2D eigenvalue weighted by molar-refractivity contribution is 5.87. The van der Waals surface area contributed by atoms with E-state index >= 15 is 0 Å². The van der Waals surface area contributed by atoms with Gasteiger partial charge in [0.05, 0.1) is 24.4 Å². The third-order valence-electron chi connectivity index (χ3n) is 4.51. The number of carbonyl (C=O) groups is 2. The summed E-state index contributed by atoms with van der Waals surface area (Å²) >= 11 is 0. The topological polar surface area (TPSA) is 96.7 Å². The summed E-state index contributed by atoms with van der Waals surface area (Å²) < 4.78 is 6.93. The van der Waals surface area contributed by atoms with Gasteiger partial charge in [0, 0.05) is 38.5 Å². The number of hydrogen-bond donors (Lipinski definition) is 2. The van der Waals surface area contributed by atoms with Gasteiger partial charge in [-0.2, -0.15) is 5.10 Å². The smallest absolute Gasteiger partial charge is 0.335 e. The van der Waals surface area contributed by atoms with E-state index < -0.39 is 5.97 Å². The summed E-state index contributed by atoms with van der Waals surface area (Å²) in [6.45, 7) is 5.55. The van der Waals surface area contributed by atoms with Gasteiger partial charge in [-0.05, 0) is 31.5 Å². The Hall–Kier alpha value is -2.87. The van der Waals surface area contributed by atoms with E-state index in [1.54, 1.807) is 28.8 Å². The Morgan fingerprint density at radius 1 is 1.26 bits per heavy atom. The molecule has 1 aromatic heterocycles. The van der Waals surface area contributed by atoms with E-state index in [0.29, 0.717) is 26.2 Å². The monoisotopic (exact) mass is 374 g/mol. The van der Waals surface area contributed by atoms with E-state index in [9.17, 15) is 9.59 Å². The van der Waals surface area contributed by atoms with Crippen molar-refractivity contribution in [3.63, 3.8) is 0 Å². The number of aromatic carboxylic acids is 1. The summed E-state index contributed by atoms with van der Waals surface area (Å²) in [6, 6.07) is 6.22. The summed E-state index contributed by atoms with van der Waals surface area (Å²) in [5, 5.41) is 16.2. The average molecular weight is 374 g/mol. The van der Waals surface area contributed by atoms with Crippen LogP contribution in [0.3, 0.4) is 0 Å². The predicted molar refractivity (Wildman–Crippen MR) is 101 cm³/mol. The number of carbonyl (C=O) groups excluding carboxylic acids is 1. The molecule has 8 nitrogen and oxygen atoms in total. The summed E-state index contributed by atoms with van der Waals surface area (Å²) in [7, 11) is 3.48. The number of urea groups is 1. The number of hydrogen-bond acceptors (Lipinski definition) is 4. The molecule has 2 rings (SSSR count). The number of ether oxygens (including phenoxy) is 1. The van der Waals surface area contributed by atoms with Gasteiger partial charge in [0.25, 0.3) is 0 Å². The Balaban J connectivity index is 2.04. The Morgan fingerprint density at radius 3 is 2.44 bits per heavy atom. The molecular formula is C19H26N4O4. The second kappa shape index (κ2) is 9.18. The van der Waals surface area contributed by atoms with Gasteiger partial charge in [-0.1, -0.05) is 12.1 Å². The van der Waals surface area contributed by atoms with Gasteiger partial charge in [0.2, 0.25) is 0 Å². The molecule has 0 bridgehead atoms. The number of carboxylic acid groups (broad SMARTS) is 1. The Labute approximate surface area is 158 Å². The number of carboxylic acids is 1. The van der Waals surface area contributed by atoms with Crippen molar-refractivity contribution in [3.8, 4) is 0 Å². The molecule has 0 radical (unpaired) electrons. The highest BCUT2D eigenvalue weighted by Gasteiger charge is 2.18. The standard InChI is InChI=1S/C19H26N4O4/c1-13-17(14(2)22(3)21-13)12-23(9-10-27-4)19(26)20-11-15-5-7-16(8-6-15)18(24)25/h5-8H,9-12H2,1-4H3,(H,20,26)(H,24,25). The SMILES string of the molecule is COCCN(Cc1c(C)nn(C)c1C)C(=O)NCc1ccc(C(=O)O)cc1. The number of amides is 2. The molecule has 2 amide bonds. The summed E-state index contributed by atoms with van der Waals surface area (Å²) in [5.41, 5.74) is 3.99. The lowest BCUT2D eigenvalue weighted by atomic mass is 10.1. The number of nitrogens with zero attached hydrogens (tertiary/aromatic N) is 3. The molecule has 0 spiro atoms. The molecule has 0 fully saturated rings. The maximum atomic E-state index is 12.7. The van der Waals surface area contributed by atoms with Crippen LogP contribution in [0.4, 0.5) is 4.79 Å². The van der Waals surface area contributed by atoms with Crippen molar-refractivity contribution >= 4 is 12.0 Å². The number of methoxy groups -OCH3 is 1. The molecule has 146 valence electrons. The van der Waals surface area contributed by atoms with Gasteiger partial charge in [-0.3, -0.25) is 4.68 Å². The van der Waals surface area contributed by atoms with Crippen LogP contribution in [0.2, 0.25) is 0 Å². The fourth-order valence-electron chi connectivity index (χ4n) is 2.75. The minimum Gasteiger partial charge on any atom is -0.478 e. The minimum atomic E-state index is -0.974. The second-order valence-corrected chi connectivity index (χ2v) is 6.35. The fraction of sp³-hybridized carbons (Fsp3) is 0.421. The van der Waals surface area contributed by atoms with E-state index in [4.69, 9.17) is 9.84 Å². The molecule has 0 aliphatic rings. The maximum absolute atomic E-state index is 12.7. The van der Waals surface area contributed by atoms with Gasteiger partial charge < -0.3 is 20.1 Å². The lowest BCUT2D eigenvalue weighted by Gasteiger charge is -2.23. The molecule has 8 heteroatoms. The van der Waals surface area contributed by atoms with Crippen LogP contribution in [0, 0.1) is 13.8 Å². The molecule has 2 aromatic rings. The Morgan fingerprint density at radius 2 is 1.93 bits per heavy atom. The van der Waals surface area contributed by atoms with E-state index in [2.05, 4.69) is 10.4 Å². The van der Waals surface area contributed by atoms with E-state index in [1.807, 2.05) is 20.9 Å². The molecule has 0 unspecified atom stereocenters. The minimum absolute atomic E-state index is 0.211. The van der Waals surface area contributed by atoms with Gasteiger partial charge in [-0.25, -0.2) is 9.59 Å². The lowest BCUT2D eigenvalue weighted by Crippen LogP contribution is -2.41. The largest absolute Gasteiger partial charge is 0.478 e. The number of benzene rings is 1. The van der Waals surface area contributed by atoms with Crippen molar-refractivity contribution in [1.82, 2.24) is 20.0 Å². The zero-order valence-corrected chi connectivity index (χ0v) is 16.2. The van der Waals surface area contributed by atoms with Crippen LogP contribution in [-0.4, -0.2) is 52.0 Å². The Bertz CT molecular complexity index is 799. The molecule has 2 N–H and O–H groups in total. The first kappa shape index (κ1) is 20.4. The average Bonchev–Trinajstić information content (AvgIpc) is 2.89. The fourth-order valence-corrected chi connectivity index (χ4v) is 2.75. The van der Waals surface area contributed by atoms with Crippen LogP contribution in [0.15, 0.2) is 24.3 Å². The molecule has 0 saturated heterocycles. The first-order valence-electron chi connectivity index (χ1n) is 8.66. The zero-order valence-electron chi connectivity index (χ0n) is 16.2. The van der Waals surface area contributed by atoms with Crippen molar-refractivity contribution < 1.29 is 19.4 Å².